The molecular formula is C20H34BrN3O2S. The Morgan fingerprint density at radius 3 is 2.41 bits per heavy atom. The van der Waals surface area contributed by atoms with Crippen molar-refractivity contribution in [3.63, 3.8) is 0 Å². The lowest BCUT2D eigenvalue weighted by atomic mass is 9.97. The fourth-order valence-corrected chi connectivity index (χ4v) is 2.60. The summed E-state index contributed by atoms with van der Waals surface area (Å²) in [7, 11) is 3.30. The van der Waals surface area contributed by atoms with Crippen LogP contribution in [-0.2, 0) is 11.2 Å². The Hall–Kier alpha value is -1.02. The SMILES string of the molecule is C=C(CCCCCCC)c1ccc(C=O)cc1NC(C)Br.CN(C)S(N)=O. The number of rotatable bonds is 11. The molecule has 1 aromatic carbocycles. The molecule has 0 aliphatic heterocycles. The molecule has 1 aromatic rings. The summed E-state index contributed by atoms with van der Waals surface area (Å²) < 4.78 is 11.4. The number of hydrogen-bond acceptors (Lipinski definition) is 3. The largest absolute Gasteiger partial charge is 0.372 e. The maximum absolute atomic E-state index is 10.9. The second kappa shape index (κ2) is 15.0. The predicted octanol–water partition coefficient (Wildman–Crippen LogP) is 5.11. The quantitative estimate of drug-likeness (QED) is 0.209. The van der Waals surface area contributed by atoms with E-state index >= 15 is 0 Å². The van der Waals surface area contributed by atoms with E-state index in [9.17, 15) is 9.00 Å². The summed E-state index contributed by atoms with van der Waals surface area (Å²) in [5, 5.41) is 8.17. The molecule has 0 aliphatic carbocycles. The molecule has 27 heavy (non-hydrogen) atoms. The highest BCUT2D eigenvalue weighted by molar-refractivity contribution is 9.09. The van der Waals surface area contributed by atoms with Crippen LogP contribution in [0.25, 0.3) is 5.57 Å². The summed E-state index contributed by atoms with van der Waals surface area (Å²) in [6, 6.07) is 5.74. The zero-order chi connectivity index (χ0) is 20.8. The number of benzene rings is 1. The van der Waals surface area contributed by atoms with Crippen LogP contribution >= 0.6 is 15.9 Å². The van der Waals surface area contributed by atoms with Crippen molar-refractivity contribution in [2.45, 2.75) is 57.3 Å². The molecule has 0 heterocycles. The van der Waals surface area contributed by atoms with E-state index in [-0.39, 0.29) is 4.95 Å². The first kappa shape index (κ1) is 26.0. The third-order valence-corrected chi connectivity index (χ3v) is 4.81. The van der Waals surface area contributed by atoms with E-state index in [2.05, 4.69) is 34.7 Å². The first-order valence-corrected chi connectivity index (χ1v) is 11.3. The minimum absolute atomic E-state index is 0.149. The van der Waals surface area contributed by atoms with Crippen LogP contribution in [0.5, 0.6) is 0 Å². The Bertz CT molecular complexity index is 607. The summed E-state index contributed by atoms with van der Waals surface area (Å²) in [5.41, 5.74) is 3.91. The molecule has 0 bridgehead atoms. The molecular weight excluding hydrogens is 426 g/mol. The molecule has 154 valence electrons. The van der Waals surface area contributed by atoms with Crippen LogP contribution in [-0.4, -0.2) is 33.8 Å². The van der Waals surface area contributed by atoms with E-state index in [1.54, 1.807) is 14.1 Å². The number of unbranched alkanes of at least 4 members (excludes halogenated alkanes) is 4. The Labute approximate surface area is 175 Å². The summed E-state index contributed by atoms with van der Waals surface area (Å²) in [6.45, 7) is 8.47. The van der Waals surface area contributed by atoms with Gasteiger partial charge in [0.1, 0.15) is 6.29 Å². The van der Waals surface area contributed by atoms with Gasteiger partial charge in [-0.05, 0) is 31.4 Å². The van der Waals surface area contributed by atoms with E-state index in [1.807, 2.05) is 25.1 Å². The van der Waals surface area contributed by atoms with Crippen molar-refractivity contribution in [1.29, 1.82) is 0 Å². The average molecular weight is 460 g/mol. The normalized spacial score (nSPS) is 12.7. The smallest absolute Gasteiger partial charge is 0.166 e. The van der Waals surface area contributed by atoms with Crippen LogP contribution in [0.2, 0.25) is 0 Å². The number of hydrogen-bond donors (Lipinski definition) is 2. The van der Waals surface area contributed by atoms with E-state index in [0.717, 1.165) is 29.5 Å². The fourth-order valence-electron chi connectivity index (χ4n) is 2.35. The second-order valence-corrected chi connectivity index (χ2v) is 9.20. The van der Waals surface area contributed by atoms with Gasteiger partial charge in [-0.1, -0.05) is 67.2 Å². The second-order valence-electron chi connectivity index (χ2n) is 6.54. The standard InChI is InChI=1S/C18H26BrNO.C2H8N2OS/c1-4-5-6-7-8-9-14(2)17-11-10-16(13-21)12-18(17)20-15(3)19;1-4(2)6(3)5/h10-13,15,20H,2,4-9H2,1,3H3;3H2,1-2H3. The van der Waals surface area contributed by atoms with E-state index < -0.39 is 11.2 Å². The Balaban J connectivity index is 0.000000972. The van der Waals surface area contributed by atoms with Crippen LogP contribution in [0.15, 0.2) is 24.8 Å². The maximum atomic E-state index is 10.9. The molecule has 1 rings (SSSR count). The highest BCUT2D eigenvalue weighted by Gasteiger charge is 2.09. The topological polar surface area (TPSA) is 75.4 Å². The third kappa shape index (κ3) is 12.1. The van der Waals surface area contributed by atoms with Crippen molar-refractivity contribution in [2.24, 2.45) is 5.14 Å². The van der Waals surface area contributed by atoms with Crippen LogP contribution in [0.3, 0.4) is 0 Å². The van der Waals surface area contributed by atoms with Crippen LogP contribution in [0.4, 0.5) is 5.69 Å². The number of allylic oxidation sites excluding steroid dienone is 1. The van der Waals surface area contributed by atoms with Gasteiger partial charge in [0.05, 0.1) is 4.95 Å². The highest BCUT2D eigenvalue weighted by Crippen LogP contribution is 2.28. The molecule has 0 saturated heterocycles. The Kier molecular flexibility index (Phi) is 14.4. The van der Waals surface area contributed by atoms with E-state index in [0.29, 0.717) is 5.56 Å². The molecule has 2 atom stereocenters. The Morgan fingerprint density at radius 2 is 1.93 bits per heavy atom. The van der Waals surface area contributed by atoms with Gasteiger partial charge in [0.25, 0.3) is 0 Å². The molecule has 0 aromatic heterocycles. The van der Waals surface area contributed by atoms with Gasteiger partial charge in [0.2, 0.25) is 0 Å². The summed E-state index contributed by atoms with van der Waals surface area (Å²) in [5.74, 6) is 0. The maximum Gasteiger partial charge on any atom is 0.166 e. The van der Waals surface area contributed by atoms with Crippen molar-refractivity contribution in [3.8, 4) is 0 Å². The molecule has 7 heteroatoms. The van der Waals surface area contributed by atoms with Crippen molar-refractivity contribution in [1.82, 2.24) is 4.31 Å². The average Bonchev–Trinajstić information content (AvgIpc) is 2.61. The minimum Gasteiger partial charge on any atom is -0.372 e. The number of aldehydes is 1. The van der Waals surface area contributed by atoms with Gasteiger partial charge in [-0.25, -0.2) is 13.7 Å². The van der Waals surface area contributed by atoms with Crippen molar-refractivity contribution in [3.05, 3.63) is 35.9 Å². The predicted molar refractivity (Wildman–Crippen MR) is 122 cm³/mol. The van der Waals surface area contributed by atoms with Crippen LogP contribution < -0.4 is 10.5 Å². The monoisotopic (exact) mass is 459 g/mol. The minimum atomic E-state index is -1.28. The van der Waals surface area contributed by atoms with Gasteiger partial charge < -0.3 is 5.32 Å². The number of alkyl halides is 1. The summed E-state index contributed by atoms with van der Waals surface area (Å²) >= 11 is 2.21. The van der Waals surface area contributed by atoms with Gasteiger partial charge >= 0.3 is 0 Å². The molecule has 0 radical (unpaired) electrons. The lowest BCUT2D eigenvalue weighted by Crippen LogP contribution is -2.21. The lowest BCUT2D eigenvalue weighted by Gasteiger charge is -2.16. The molecule has 0 amide bonds. The molecule has 0 saturated carbocycles. The number of halogens is 1. The number of nitrogens with one attached hydrogen (secondary N) is 1. The molecule has 0 fully saturated rings. The summed E-state index contributed by atoms with van der Waals surface area (Å²) in [6.07, 6.45) is 8.21. The fraction of sp³-hybridized carbons (Fsp3) is 0.550. The van der Waals surface area contributed by atoms with E-state index in [4.69, 9.17) is 5.14 Å². The zero-order valence-electron chi connectivity index (χ0n) is 17.0. The number of nitrogens with zero attached hydrogens (tertiary/aromatic N) is 1. The van der Waals surface area contributed by atoms with Gasteiger partial charge in [-0.15, -0.1) is 0 Å². The number of nitrogens with two attached hydrogens (primary N) is 1. The highest BCUT2D eigenvalue weighted by atomic mass is 79.9. The lowest BCUT2D eigenvalue weighted by molar-refractivity contribution is 0.112. The van der Waals surface area contributed by atoms with Crippen LogP contribution in [0, 0.1) is 0 Å². The van der Waals surface area contributed by atoms with Crippen LogP contribution in [0.1, 0.15) is 68.3 Å². The molecule has 5 nitrogen and oxygen atoms in total. The number of carbonyl (C=O) groups is 1. The summed E-state index contributed by atoms with van der Waals surface area (Å²) in [4.78, 5) is 11.1. The van der Waals surface area contributed by atoms with Gasteiger partial charge in [-0.3, -0.25) is 4.79 Å². The van der Waals surface area contributed by atoms with Gasteiger partial charge in [0.15, 0.2) is 11.2 Å². The molecule has 3 N–H and O–H groups in total. The molecule has 2 unspecified atom stereocenters. The molecule has 0 spiro atoms. The van der Waals surface area contributed by atoms with Crippen molar-refractivity contribution < 1.29 is 9.00 Å². The van der Waals surface area contributed by atoms with Crippen molar-refractivity contribution >= 4 is 44.6 Å². The molecule has 0 aliphatic rings. The zero-order valence-corrected chi connectivity index (χ0v) is 19.4. The number of carbonyl (C=O) groups excluding carboxylic acids is 1. The van der Waals surface area contributed by atoms with Crippen molar-refractivity contribution in [2.75, 3.05) is 19.4 Å². The first-order valence-electron chi connectivity index (χ1n) is 9.24. The number of anilines is 1. The first-order chi connectivity index (χ1) is 12.7. The van der Waals surface area contributed by atoms with E-state index in [1.165, 1.54) is 36.4 Å². The van der Waals surface area contributed by atoms with Gasteiger partial charge in [0, 0.05) is 30.9 Å². The Morgan fingerprint density at radius 1 is 1.33 bits per heavy atom. The van der Waals surface area contributed by atoms with Gasteiger partial charge in [-0.2, -0.15) is 0 Å². The third-order valence-electron chi connectivity index (χ3n) is 3.86.